The van der Waals surface area contributed by atoms with Crippen molar-refractivity contribution in [1.29, 1.82) is 0 Å². The summed E-state index contributed by atoms with van der Waals surface area (Å²) in [6, 6.07) is 11.3. The lowest BCUT2D eigenvalue weighted by molar-refractivity contribution is 0.0695. The number of hydrogen-bond acceptors (Lipinski definition) is 5. The molecule has 1 amide bonds. The average Bonchev–Trinajstić information content (AvgIpc) is 3.18. The monoisotopic (exact) mass is 366 g/mol. The second-order valence-electron chi connectivity index (χ2n) is 6.72. The van der Waals surface area contributed by atoms with Crippen LogP contribution in [0, 0.1) is 12.7 Å². The van der Waals surface area contributed by atoms with Gasteiger partial charge in [-0.15, -0.1) is 0 Å². The second-order valence-corrected chi connectivity index (χ2v) is 6.72. The predicted octanol–water partition coefficient (Wildman–Crippen LogP) is 3.60. The maximum absolute atomic E-state index is 13.1. The van der Waals surface area contributed by atoms with Crippen LogP contribution in [-0.2, 0) is 0 Å². The third-order valence-corrected chi connectivity index (χ3v) is 4.71. The summed E-state index contributed by atoms with van der Waals surface area (Å²) in [6.45, 7) is 3.07. The third kappa shape index (κ3) is 3.72. The highest BCUT2D eigenvalue weighted by molar-refractivity contribution is 5.94. The first-order valence-corrected chi connectivity index (χ1v) is 8.92. The van der Waals surface area contributed by atoms with Crippen LogP contribution in [0.3, 0.4) is 0 Å². The molecule has 1 saturated heterocycles. The van der Waals surface area contributed by atoms with E-state index in [4.69, 9.17) is 4.52 Å². The summed E-state index contributed by atoms with van der Waals surface area (Å²) in [5.74, 6) is 0.487. The van der Waals surface area contributed by atoms with E-state index in [1.807, 2.05) is 25.1 Å². The van der Waals surface area contributed by atoms with Gasteiger partial charge in [0.15, 0.2) is 0 Å². The fourth-order valence-electron chi connectivity index (χ4n) is 3.31. The van der Waals surface area contributed by atoms with Crippen molar-refractivity contribution in [2.24, 2.45) is 0 Å². The Morgan fingerprint density at radius 3 is 2.78 bits per heavy atom. The molecule has 0 bridgehead atoms. The third-order valence-electron chi connectivity index (χ3n) is 4.71. The summed E-state index contributed by atoms with van der Waals surface area (Å²) >= 11 is 0. The van der Waals surface area contributed by atoms with E-state index in [2.05, 4.69) is 15.1 Å². The van der Waals surface area contributed by atoms with Gasteiger partial charge in [-0.25, -0.2) is 9.37 Å². The molecule has 1 atom stereocenters. The van der Waals surface area contributed by atoms with Crippen LogP contribution in [0.25, 0.3) is 11.5 Å². The summed E-state index contributed by atoms with van der Waals surface area (Å²) in [7, 11) is 0. The molecule has 6 nitrogen and oxygen atoms in total. The highest BCUT2D eigenvalue weighted by Gasteiger charge is 2.29. The standard InChI is InChI=1S/C20H19FN4O2/c1-13-4-2-6-17(22-13)18-23-19(27-24-18)15-5-3-11-25(12-15)20(26)14-7-9-16(21)10-8-14/h2,4,6-10,15H,3,5,11-12H2,1H3. The second kappa shape index (κ2) is 7.26. The molecule has 0 spiro atoms. The summed E-state index contributed by atoms with van der Waals surface area (Å²) in [4.78, 5) is 23.3. The van der Waals surface area contributed by atoms with Crippen molar-refractivity contribution in [3.8, 4) is 11.5 Å². The normalized spacial score (nSPS) is 17.1. The predicted molar refractivity (Wildman–Crippen MR) is 96.5 cm³/mol. The van der Waals surface area contributed by atoms with Crippen molar-refractivity contribution in [3.63, 3.8) is 0 Å². The summed E-state index contributed by atoms with van der Waals surface area (Å²) < 4.78 is 18.5. The number of aromatic nitrogens is 3. The molecule has 0 radical (unpaired) electrons. The minimum atomic E-state index is -0.355. The molecule has 7 heteroatoms. The van der Waals surface area contributed by atoms with E-state index in [0.717, 1.165) is 18.5 Å². The zero-order valence-electron chi connectivity index (χ0n) is 14.9. The molecule has 1 aromatic carbocycles. The number of benzene rings is 1. The van der Waals surface area contributed by atoms with Gasteiger partial charge in [0, 0.05) is 24.3 Å². The highest BCUT2D eigenvalue weighted by atomic mass is 19.1. The Balaban J connectivity index is 1.50. The van der Waals surface area contributed by atoms with Crippen molar-refractivity contribution < 1.29 is 13.7 Å². The van der Waals surface area contributed by atoms with E-state index in [9.17, 15) is 9.18 Å². The molecule has 3 aromatic rings. The number of rotatable bonds is 3. The van der Waals surface area contributed by atoms with Crippen LogP contribution in [0.2, 0.25) is 0 Å². The average molecular weight is 366 g/mol. The number of likely N-dealkylation sites (tertiary alicyclic amines) is 1. The zero-order chi connectivity index (χ0) is 18.8. The Kier molecular flexibility index (Phi) is 4.66. The molecular formula is C20H19FN4O2. The van der Waals surface area contributed by atoms with Crippen LogP contribution in [0.15, 0.2) is 47.0 Å². The fourth-order valence-corrected chi connectivity index (χ4v) is 3.31. The van der Waals surface area contributed by atoms with Crippen LogP contribution < -0.4 is 0 Å². The Morgan fingerprint density at radius 2 is 2.00 bits per heavy atom. The SMILES string of the molecule is Cc1cccc(-c2noc(C3CCCN(C(=O)c4ccc(F)cc4)C3)n2)n1. The molecule has 138 valence electrons. The van der Waals surface area contributed by atoms with Crippen LogP contribution in [0.4, 0.5) is 4.39 Å². The first-order valence-electron chi connectivity index (χ1n) is 8.92. The number of amides is 1. The van der Waals surface area contributed by atoms with Crippen LogP contribution in [0.5, 0.6) is 0 Å². The van der Waals surface area contributed by atoms with E-state index in [-0.39, 0.29) is 17.6 Å². The number of carbonyl (C=O) groups excluding carboxylic acids is 1. The molecule has 1 aliphatic heterocycles. The number of halogens is 1. The number of pyridine rings is 1. The lowest BCUT2D eigenvalue weighted by Crippen LogP contribution is -2.39. The van der Waals surface area contributed by atoms with Crippen molar-refractivity contribution in [1.82, 2.24) is 20.0 Å². The largest absolute Gasteiger partial charge is 0.339 e. The van der Waals surface area contributed by atoms with Crippen molar-refractivity contribution in [2.45, 2.75) is 25.7 Å². The number of carbonyl (C=O) groups is 1. The van der Waals surface area contributed by atoms with Gasteiger partial charge >= 0.3 is 0 Å². The molecular weight excluding hydrogens is 347 g/mol. The molecule has 1 fully saturated rings. The van der Waals surface area contributed by atoms with E-state index >= 15 is 0 Å². The van der Waals surface area contributed by atoms with Gasteiger partial charge in [0.2, 0.25) is 11.7 Å². The minimum Gasteiger partial charge on any atom is -0.339 e. The Morgan fingerprint density at radius 1 is 1.19 bits per heavy atom. The maximum atomic E-state index is 13.1. The molecule has 3 heterocycles. The molecule has 0 aliphatic carbocycles. The van der Waals surface area contributed by atoms with Gasteiger partial charge in [0.1, 0.15) is 11.5 Å². The van der Waals surface area contributed by atoms with Gasteiger partial charge in [0.25, 0.3) is 5.91 Å². The summed E-state index contributed by atoms with van der Waals surface area (Å²) in [5, 5.41) is 4.05. The number of aryl methyl sites for hydroxylation is 1. The summed E-state index contributed by atoms with van der Waals surface area (Å²) in [5.41, 5.74) is 2.03. The van der Waals surface area contributed by atoms with Crippen LogP contribution in [-0.4, -0.2) is 39.0 Å². The van der Waals surface area contributed by atoms with Gasteiger partial charge in [0.05, 0.1) is 5.92 Å². The van der Waals surface area contributed by atoms with E-state index < -0.39 is 0 Å². The molecule has 0 N–H and O–H groups in total. The molecule has 1 aliphatic rings. The number of nitrogens with zero attached hydrogens (tertiary/aromatic N) is 4. The minimum absolute atomic E-state index is 0.0193. The molecule has 27 heavy (non-hydrogen) atoms. The first-order chi connectivity index (χ1) is 13.1. The molecule has 2 aromatic heterocycles. The smallest absolute Gasteiger partial charge is 0.253 e. The maximum Gasteiger partial charge on any atom is 0.253 e. The van der Waals surface area contributed by atoms with Crippen molar-refractivity contribution >= 4 is 5.91 Å². The summed E-state index contributed by atoms with van der Waals surface area (Å²) in [6.07, 6.45) is 1.72. The number of piperidine rings is 1. The van der Waals surface area contributed by atoms with Crippen molar-refractivity contribution in [3.05, 3.63) is 65.4 Å². The lowest BCUT2D eigenvalue weighted by atomic mass is 9.97. The number of hydrogen-bond donors (Lipinski definition) is 0. The van der Waals surface area contributed by atoms with E-state index in [1.165, 1.54) is 24.3 Å². The molecule has 1 unspecified atom stereocenters. The van der Waals surface area contributed by atoms with Gasteiger partial charge in [-0.3, -0.25) is 4.79 Å². The zero-order valence-corrected chi connectivity index (χ0v) is 14.9. The van der Waals surface area contributed by atoms with E-state index in [1.54, 1.807) is 4.90 Å². The highest BCUT2D eigenvalue weighted by Crippen LogP contribution is 2.28. The first kappa shape index (κ1) is 17.3. The lowest BCUT2D eigenvalue weighted by Gasteiger charge is -2.31. The van der Waals surface area contributed by atoms with Crippen molar-refractivity contribution in [2.75, 3.05) is 13.1 Å². The van der Waals surface area contributed by atoms with Crippen LogP contribution >= 0.6 is 0 Å². The van der Waals surface area contributed by atoms with Gasteiger partial charge < -0.3 is 9.42 Å². The quantitative estimate of drug-likeness (QED) is 0.708. The Bertz CT molecular complexity index is 955. The molecule has 0 saturated carbocycles. The van der Waals surface area contributed by atoms with E-state index in [0.29, 0.717) is 36.1 Å². The Hall–Kier alpha value is -3.09. The topological polar surface area (TPSA) is 72.1 Å². The van der Waals surface area contributed by atoms with Crippen LogP contribution in [0.1, 0.15) is 40.7 Å². The Labute approximate surface area is 156 Å². The van der Waals surface area contributed by atoms with Gasteiger partial charge in [-0.2, -0.15) is 4.98 Å². The molecule has 4 rings (SSSR count). The van der Waals surface area contributed by atoms with Gasteiger partial charge in [-0.1, -0.05) is 11.2 Å². The fraction of sp³-hybridized carbons (Fsp3) is 0.300. The van der Waals surface area contributed by atoms with Gasteiger partial charge in [-0.05, 0) is 56.2 Å².